The van der Waals surface area contributed by atoms with Crippen molar-refractivity contribution < 1.29 is 9.95 Å². The topological polar surface area (TPSA) is 65.0 Å². The Bertz CT molecular complexity index is 866. The lowest BCUT2D eigenvalue weighted by molar-refractivity contribution is -0.664. The van der Waals surface area contributed by atoms with Gasteiger partial charge in [-0.1, -0.05) is 38.4 Å². The van der Waals surface area contributed by atoms with E-state index >= 15 is 0 Å². The number of hydrogen-bond acceptors (Lipinski definition) is 3. The lowest BCUT2D eigenvalue weighted by atomic mass is 9.87. The number of hydrogen-bond donors (Lipinski definition) is 1. The third kappa shape index (κ3) is 2.37. The molecule has 0 aliphatic heterocycles. The maximum Gasteiger partial charge on any atom is 0.251 e. The molecule has 0 unspecified atom stereocenters. The molecule has 0 saturated heterocycles. The molecule has 22 heavy (non-hydrogen) atoms. The van der Waals surface area contributed by atoms with Gasteiger partial charge >= 0.3 is 0 Å². The maximum atomic E-state index is 12.4. The Kier molecular flexibility index (Phi) is 3.25. The fraction of sp³-hybridized carbons (Fsp3) is 0.250. The zero-order valence-corrected chi connectivity index (χ0v) is 13.3. The van der Waals surface area contributed by atoms with Crippen LogP contribution in [0.5, 0.6) is 5.75 Å². The Labute approximate surface area is 132 Å². The third-order valence-corrected chi connectivity index (χ3v) is 3.81. The summed E-state index contributed by atoms with van der Waals surface area (Å²) >= 11 is 5.93. The number of aromatic nitrogens is 3. The van der Waals surface area contributed by atoms with Crippen molar-refractivity contribution in [3.63, 3.8) is 0 Å². The summed E-state index contributed by atoms with van der Waals surface area (Å²) in [5.74, 6) is -0.00324. The first-order chi connectivity index (χ1) is 10.3. The van der Waals surface area contributed by atoms with Gasteiger partial charge in [-0.25, -0.2) is 0 Å². The first kappa shape index (κ1) is 14.7. The number of benzene rings is 2. The van der Waals surface area contributed by atoms with Crippen molar-refractivity contribution in [2.75, 3.05) is 0 Å². The minimum absolute atomic E-state index is 0.00324. The van der Waals surface area contributed by atoms with Crippen LogP contribution in [0.3, 0.4) is 0 Å². The molecule has 114 valence electrons. The van der Waals surface area contributed by atoms with E-state index in [-0.39, 0.29) is 11.2 Å². The van der Waals surface area contributed by atoms with Crippen molar-refractivity contribution in [3.8, 4) is 11.4 Å². The molecule has 0 aliphatic carbocycles. The fourth-order valence-electron chi connectivity index (χ4n) is 2.29. The summed E-state index contributed by atoms with van der Waals surface area (Å²) in [5, 5.41) is 27.3. The molecule has 1 aromatic heterocycles. The molecule has 6 heteroatoms. The molecule has 1 heterocycles. The molecule has 0 fully saturated rings. The second kappa shape index (κ2) is 4.88. The van der Waals surface area contributed by atoms with Crippen LogP contribution < -0.4 is 4.85 Å². The van der Waals surface area contributed by atoms with Gasteiger partial charge in [0.15, 0.2) is 5.69 Å². The average Bonchev–Trinajstić information content (AvgIpc) is 2.74. The van der Waals surface area contributed by atoms with E-state index < -0.39 is 0 Å². The quantitative estimate of drug-likeness (QED) is 0.553. The number of nitrogens with zero attached hydrogens (tertiary/aromatic N) is 3. The Hall–Kier alpha value is -2.27. The SMILES string of the molecule is CC(C)(C)c1ccc(O)c(-n2nc3cc(Cl)ccc3[n+]2[O-])c1. The van der Waals surface area contributed by atoms with Gasteiger partial charge in [-0.05, 0) is 40.0 Å². The fourth-order valence-corrected chi connectivity index (χ4v) is 2.45. The van der Waals surface area contributed by atoms with E-state index in [1.807, 2.05) is 6.07 Å². The van der Waals surface area contributed by atoms with Crippen molar-refractivity contribution in [2.24, 2.45) is 0 Å². The highest BCUT2D eigenvalue weighted by atomic mass is 35.5. The van der Waals surface area contributed by atoms with E-state index in [1.54, 1.807) is 30.3 Å². The molecule has 3 rings (SSSR count). The Morgan fingerprint density at radius 1 is 1.18 bits per heavy atom. The molecular weight excluding hydrogens is 302 g/mol. The summed E-state index contributed by atoms with van der Waals surface area (Å²) in [6, 6.07) is 10.1. The van der Waals surface area contributed by atoms with Gasteiger partial charge in [-0.3, -0.25) is 0 Å². The van der Waals surface area contributed by atoms with Gasteiger partial charge in [0, 0.05) is 11.1 Å². The maximum absolute atomic E-state index is 12.4. The highest BCUT2D eigenvalue weighted by Crippen LogP contribution is 2.29. The molecule has 0 saturated carbocycles. The van der Waals surface area contributed by atoms with Crippen LogP contribution in [0, 0.1) is 5.21 Å². The lowest BCUT2D eigenvalue weighted by Crippen LogP contribution is -2.37. The Balaban J connectivity index is 2.25. The summed E-state index contributed by atoms with van der Waals surface area (Å²) in [6.45, 7) is 6.19. The third-order valence-electron chi connectivity index (χ3n) is 3.57. The van der Waals surface area contributed by atoms with Gasteiger partial charge in [0.2, 0.25) is 5.52 Å². The number of aromatic hydroxyl groups is 1. The summed E-state index contributed by atoms with van der Waals surface area (Å²) < 4.78 is 0. The van der Waals surface area contributed by atoms with Crippen molar-refractivity contribution in [1.82, 2.24) is 9.90 Å². The second-order valence-electron chi connectivity index (χ2n) is 6.25. The smallest absolute Gasteiger partial charge is 0.251 e. The van der Waals surface area contributed by atoms with Gasteiger partial charge in [0.1, 0.15) is 5.75 Å². The van der Waals surface area contributed by atoms with Crippen molar-refractivity contribution in [3.05, 3.63) is 52.2 Å². The van der Waals surface area contributed by atoms with Crippen LogP contribution in [-0.2, 0) is 5.41 Å². The van der Waals surface area contributed by atoms with Crippen LogP contribution in [0.15, 0.2) is 36.4 Å². The molecule has 0 radical (unpaired) electrons. The van der Waals surface area contributed by atoms with Crippen LogP contribution in [0.25, 0.3) is 16.7 Å². The molecule has 5 nitrogen and oxygen atoms in total. The standard InChI is InChI=1S/C16H16ClN3O2/c1-16(2,3)10-4-7-15(21)14(8-10)19-18-12-9-11(17)5-6-13(12)20(19)22/h4-9,21H,1-3H3. The normalized spacial score (nSPS) is 12.0. The lowest BCUT2D eigenvalue weighted by Gasteiger charge is -2.19. The summed E-state index contributed by atoms with van der Waals surface area (Å²) in [7, 11) is 0. The minimum atomic E-state index is -0.105. The van der Waals surface area contributed by atoms with E-state index in [1.165, 1.54) is 0 Å². The summed E-state index contributed by atoms with van der Waals surface area (Å²) in [5.41, 5.74) is 2.10. The van der Waals surface area contributed by atoms with Crippen LogP contribution in [0.4, 0.5) is 0 Å². The first-order valence-corrected chi connectivity index (χ1v) is 7.27. The molecule has 0 aliphatic rings. The molecule has 1 N–H and O–H groups in total. The number of phenolic OH excluding ortho intramolecular Hbond substituents is 1. The van der Waals surface area contributed by atoms with Gasteiger partial charge in [-0.15, -0.1) is 4.85 Å². The number of rotatable bonds is 1. The molecule has 2 aromatic carbocycles. The minimum Gasteiger partial charge on any atom is -0.692 e. The molecule has 3 aromatic rings. The predicted octanol–water partition coefficient (Wildman–Crippen LogP) is 3.32. The molecular formula is C16H16ClN3O2. The Morgan fingerprint density at radius 3 is 2.59 bits per heavy atom. The second-order valence-corrected chi connectivity index (χ2v) is 6.69. The van der Waals surface area contributed by atoms with Crippen molar-refractivity contribution in [2.45, 2.75) is 26.2 Å². The molecule has 0 spiro atoms. The van der Waals surface area contributed by atoms with Crippen LogP contribution in [-0.4, -0.2) is 15.0 Å². The van der Waals surface area contributed by atoms with Crippen molar-refractivity contribution >= 4 is 22.6 Å². The monoisotopic (exact) mass is 317 g/mol. The largest absolute Gasteiger partial charge is 0.692 e. The Morgan fingerprint density at radius 2 is 1.91 bits per heavy atom. The van der Waals surface area contributed by atoms with E-state index in [2.05, 4.69) is 25.9 Å². The van der Waals surface area contributed by atoms with E-state index in [9.17, 15) is 10.3 Å². The summed E-state index contributed by atoms with van der Waals surface area (Å²) in [6.07, 6.45) is 0. The van der Waals surface area contributed by atoms with Crippen molar-refractivity contribution in [1.29, 1.82) is 0 Å². The number of fused-ring (bicyclic) bond motifs is 1. The first-order valence-electron chi connectivity index (χ1n) is 6.89. The van der Waals surface area contributed by atoms with Crippen LogP contribution in [0.2, 0.25) is 5.02 Å². The average molecular weight is 318 g/mol. The predicted molar refractivity (Wildman–Crippen MR) is 85.4 cm³/mol. The van der Waals surface area contributed by atoms with E-state index in [0.717, 1.165) is 10.4 Å². The zero-order valence-electron chi connectivity index (χ0n) is 12.5. The highest BCUT2D eigenvalue weighted by Gasteiger charge is 2.22. The van der Waals surface area contributed by atoms with Gasteiger partial charge < -0.3 is 10.3 Å². The van der Waals surface area contributed by atoms with Gasteiger partial charge in [0.05, 0.1) is 5.10 Å². The summed E-state index contributed by atoms with van der Waals surface area (Å²) in [4.78, 5) is 1.79. The molecule has 0 bridgehead atoms. The van der Waals surface area contributed by atoms with E-state index in [0.29, 0.717) is 26.6 Å². The van der Waals surface area contributed by atoms with E-state index in [4.69, 9.17) is 11.6 Å². The number of halogens is 1. The zero-order chi connectivity index (χ0) is 16.1. The van der Waals surface area contributed by atoms with Crippen LogP contribution in [0.1, 0.15) is 26.3 Å². The number of phenols is 1. The molecule has 0 atom stereocenters. The van der Waals surface area contributed by atoms with Gasteiger partial charge in [-0.2, -0.15) is 0 Å². The van der Waals surface area contributed by atoms with Crippen LogP contribution >= 0.6 is 11.6 Å². The van der Waals surface area contributed by atoms with Gasteiger partial charge in [0.25, 0.3) is 5.52 Å². The highest BCUT2D eigenvalue weighted by molar-refractivity contribution is 6.31. The molecule has 0 amide bonds.